The highest BCUT2D eigenvalue weighted by molar-refractivity contribution is 6.31. The van der Waals surface area contributed by atoms with E-state index >= 15 is 0 Å². The smallest absolute Gasteiger partial charge is 0.156 e. The minimum atomic E-state index is -0.949. The average Bonchev–Trinajstić information content (AvgIpc) is 3.16. The Labute approximate surface area is 182 Å². The Hall–Kier alpha value is -3.13. The van der Waals surface area contributed by atoms with Gasteiger partial charge < -0.3 is 4.74 Å². The van der Waals surface area contributed by atoms with Gasteiger partial charge in [0.2, 0.25) is 0 Å². The van der Waals surface area contributed by atoms with Crippen LogP contribution in [0, 0.1) is 6.08 Å². The Bertz CT molecular complexity index is 1070. The van der Waals surface area contributed by atoms with Crippen molar-refractivity contribution >= 4 is 11.6 Å². The second-order valence-corrected chi connectivity index (χ2v) is 7.75. The normalized spacial score (nSPS) is 16.8. The maximum absolute atomic E-state index is 7.11. The number of hydrogen-bond acceptors (Lipinski definition) is 1. The molecule has 0 bridgehead atoms. The van der Waals surface area contributed by atoms with Crippen molar-refractivity contribution in [3.63, 3.8) is 0 Å². The molecule has 0 saturated heterocycles. The number of rotatable bonds is 4. The molecule has 0 unspecified atom stereocenters. The average molecular weight is 408 g/mol. The van der Waals surface area contributed by atoms with E-state index in [1.54, 1.807) is 0 Å². The molecule has 0 saturated carbocycles. The van der Waals surface area contributed by atoms with Crippen LogP contribution in [-0.4, -0.2) is 0 Å². The third kappa shape index (κ3) is 2.90. The largest absolute Gasteiger partial charge is 0.339 e. The minimum absolute atomic E-state index is 0.535. The first-order chi connectivity index (χ1) is 14.8. The van der Waals surface area contributed by atoms with E-state index in [4.69, 9.17) is 16.3 Å². The van der Waals surface area contributed by atoms with Gasteiger partial charge in [-0.05, 0) is 22.3 Å². The Kier molecular flexibility index (Phi) is 4.78. The molecule has 5 rings (SSSR count). The maximum atomic E-state index is 7.11. The monoisotopic (exact) mass is 407 g/mol. The predicted molar refractivity (Wildman–Crippen MR) is 121 cm³/mol. The zero-order valence-corrected chi connectivity index (χ0v) is 17.1. The first kappa shape index (κ1) is 18.9. The fourth-order valence-corrected chi connectivity index (χ4v) is 4.59. The van der Waals surface area contributed by atoms with E-state index in [1.165, 1.54) is 0 Å². The van der Waals surface area contributed by atoms with E-state index in [0.29, 0.717) is 5.03 Å². The summed E-state index contributed by atoms with van der Waals surface area (Å²) in [7, 11) is 0. The summed E-state index contributed by atoms with van der Waals surface area (Å²) in [4.78, 5) is 0. The molecule has 0 spiro atoms. The highest BCUT2D eigenvalue weighted by Crippen LogP contribution is 2.55. The van der Waals surface area contributed by atoms with E-state index in [0.717, 1.165) is 22.3 Å². The molecule has 0 N–H and O–H groups in total. The van der Waals surface area contributed by atoms with E-state index in [-0.39, 0.29) is 0 Å². The van der Waals surface area contributed by atoms with Gasteiger partial charge in [0.25, 0.3) is 0 Å². The van der Waals surface area contributed by atoms with Crippen LogP contribution in [-0.2, 0) is 15.9 Å². The third-order valence-electron chi connectivity index (χ3n) is 5.62. The van der Waals surface area contributed by atoms with E-state index in [9.17, 15) is 0 Å². The van der Waals surface area contributed by atoms with Gasteiger partial charge in [0.15, 0.2) is 5.60 Å². The molecule has 30 heavy (non-hydrogen) atoms. The lowest BCUT2D eigenvalue weighted by molar-refractivity contribution is -0.0560. The molecule has 145 valence electrons. The van der Waals surface area contributed by atoms with Gasteiger partial charge in [0, 0.05) is 6.08 Å². The summed E-state index contributed by atoms with van der Waals surface area (Å²) in [5.74, 6) is 0. The summed E-state index contributed by atoms with van der Waals surface area (Å²) in [5, 5.41) is 0.535. The van der Waals surface area contributed by atoms with Crippen molar-refractivity contribution in [2.75, 3.05) is 0 Å². The van der Waals surface area contributed by atoms with Gasteiger partial charge in [-0.2, -0.15) is 0 Å². The second kappa shape index (κ2) is 7.60. The van der Waals surface area contributed by atoms with Gasteiger partial charge in [-0.15, -0.1) is 0 Å². The molecule has 1 radical (unpaired) electrons. The molecule has 4 aromatic rings. The first-order valence-electron chi connectivity index (χ1n) is 9.99. The van der Waals surface area contributed by atoms with Crippen molar-refractivity contribution in [1.29, 1.82) is 0 Å². The Balaban J connectivity index is 1.79. The molecular formula is C28H20ClO. The molecule has 1 aliphatic rings. The predicted octanol–water partition coefficient (Wildman–Crippen LogP) is 6.83. The maximum Gasteiger partial charge on any atom is 0.156 e. The summed E-state index contributed by atoms with van der Waals surface area (Å²) >= 11 is 7.07. The highest BCUT2D eigenvalue weighted by atomic mass is 35.5. The van der Waals surface area contributed by atoms with Crippen LogP contribution in [0.4, 0.5) is 0 Å². The first-order valence-corrected chi connectivity index (χ1v) is 10.4. The second-order valence-electron chi connectivity index (χ2n) is 7.37. The molecule has 0 fully saturated rings. The SMILES string of the molecule is ClC1=[C]C(c2ccccc2)(c2ccccc2)OC1(c1ccccc1)c1ccccc1. The highest BCUT2D eigenvalue weighted by Gasteiger charge is 2.54. The summed E-state index contributed by atoms with van der Waals surface area (Å²) in [5.41, 5.74) is 2.05. The summed E-state index contributed by atoms with van der Waals surface area (Å²) in [6.07, 6.45) is 3.55. The Morgan fingerprint density at radius 3 is 1.20 bits per heavy atom. The number of benzene rings is 4. The van der Waals surface area contributed by atoms with Crippen LogP contribution >= 0.6 is 11.6 Å². The molecule has 4 aromatic carbocycles. The van der Waals surface area contributed by atoms with Crippen molar-refractivity contribution < 1.29 is 4.74 Å². The summed E-state index contributed by atoms with van der Waals surface area (Å²) in [6, 6.07) is 40.6. The summed E-state index contributed by atoms with van der Waals surface area (Å²) < 4.78 is 7.11. The van der Waals surface area contributed by atoms with Gasteiger partial charge in [-0.25, -0.2) is 0 Å². The van der Waals surface area contributed by atoms with Crippen molar-refractivity contribution in [3.05, 3.63) is 155 Å². The lowest BCUT2D eigenvalue weighted by atomic mass is 9.86. The number of halogens is 1. The Morgan fingerprint density at radius 2 is 0.833 bits per heavy atom. The topological polar surface area (TPSA) is 9.23 Å². The van der Waals surface area contributed by atoms with E-state index in [2.05, 4.69) is 54.6 Å². The quantitative estimate of drug-likeness (QED) is 0.360. The van der Waals surface area contributed by atoms with Gasteiger partial charge in [0.05, 0.1) is 5.03 Å². The fourth-order valence-electron chi connectivity index (χ4n) is 4.20. The molecule has 1 aliphatic heterocycles. The lowest BCUT2D eigenvalue weighted by Gasteiger charge is -2.37. The number of hydrogen-bond donors (Lipinski definition) is 0. The fraction of sp³-hybridized carbons (Fsp3) is 0.0714. The van der Waals surface area contributed by atoms with Crippen molar-refractivity contribution in [2.24, 2.45) is 0 Å². The molecule has 2 heteroatoms. The Morgan fingerprint density at radius 1 is 0.500 bits per heavy atom. The van der Waals surface area contributed by atoms with Gasteiger partial charge >= 0.3 is 0 Å². The standard InChI is InChI=1S/C28H20ClO/c29-26-21-27(22-13-5-1-6-14-22,23-15-7-2-8-16-23)30-28(26,24-17-9-3-10-18-24)25-19-11-4-12-20-25/h1-20H. The molecule has 1 nitrogen and oxygen atoms in total. The van der Waals surface area contributed by atoms with Crippen LogP contribution in [0.15, 0.2) is 126 Å². The van der Waals surface area contributed by atoms with Crippen molar-refractivity contribution in [2.45, 2.75) is 11.2 Å². The van der Waals surface area contributed by atoms with Crippen LogP contribution in [0.5, 0.6) is 0 Å². The van der Waals surface area contributed by atoms with Gasteiger partial charge in [-0.3, -0.25) is 0 Å². The minimum Gasteiger partial charge on any atom is -0.339 e. The molecule has 0 aromatic heterocycles. The lowest BCUT2D eigenvalue weighted by Crippen LogP contribution is -2.36. The molecule has 1 heterocycles. The van der Waals surface area contributed by atoms with Gasteiger partial charge in [-0.1, -0.05) is 133 Å². The molecule has 0 atom stereocenters. The van der Waals surface area contributed by atoms with Crippen LogP contribution in [0.2, 0.25) is 0 Å². The molecule has 0 amide bonds. The van der Waals surface area contributed by atoms with Crippen LogP contribution in [0.1, 0.15) is 22.3 Å². The molecular weight excluding hydrogens is 388 g/mol. The third-order valence-corrected chi connectivity index (χ3v) is 5.98. The zero-order chi connectivity index (χ0) is 20.4. The zero-order valence-electron chi connectivity index (χ0n) is 16.3. The number of ether oxygens (including phenoxy) is 1. The van der Waals surface area contributed by atoms with Crippen molar-refractivity contribution in [1.82, 2.24) is 0 Å². The summed E-state index contributed by atoms with van der Waals surface area (Å²) in [6.45, 7) is 0. The van der Waals surface area contributed by atoms with Gasteiger partial charge in [0.1, 0.15) is 5.60 Å². The van der Waals surface area contributed by atoms with Crippen LogP contribution in [0.25, 0.3) is 0 Å². The van der Waals surface area contributed by atoms with Crippen molar-refractivity contribution in [3.8, 4) is 0 Å². The molecule has 0 aliphatic carbocycles. The van der Waals surface area contributed by atoms with E-state index in [1.807, 2.05) is 72.8 Å². The van der Waals surface area contributed by atoms with E-state index < -0.39 is 11.2 Å². The van der Waals surface area contributed by atoms with Crippen LogP contribution < -0.4 is 0 Å². The van der Waals surface area contributed by atoms with Crippen LogP contribution in [0.3, 0.4) is 0 Å².